The molecule has 5 heavy (non-hydrogen) atoms. The van der Waals surface area contributed by atoms with Crippen LogP contribution in [0.1, 0.15) is 0 Å². The first-order valence-corrected chi connectivity index (χ1v) is 0. The Morgan fingerprint density at radius 1 is 0.600 bits per heavy atom. The van der Waals surface area contributed by atoms with Crippen molar-refractivity contribution < 1.29 is 58.3 Å². The zero-order valence-corrected chi connectivity index (χ0v) is 5.66. The second-order valence-electron chi connectivity index (χ2n) is 0. The molecule has 0 amide bonds. The molecule has 0 N–H and O–H groups in total. The average Bonchev–Trinajstić information content (AvgIpc) is 0. The van der Waals surface area contributed by atoms with Gasteiger partial charge in [-0.15, -0.1) is 0 Å². The van der Waals surface area contributed by atoms with Crippen LogP contribution in [0.5, 0.6) is 0 Å². The van der Waals surface area contributed by atoms with E-state index in [1.807, 2.05) is 0 Å². The molecule has 0 radical (unpaired) electrons. The van der Waals surface area contributed by atoms with Crippen LogP contribution >= 0.6 is 0 Å². The fourth-order valence-electron chi connectivity index (χ4n) is 0. The van der Waals surface area contributed by atoms with Gasteiger partial charge in [-0.1, -0.05) is 0 Å². The molecular formula is AuO3Rh. The molecule has 0 fully saturated rings. The van der Waals surface area contributed by atoms with E-state index in [1.165, 1.54) is 0 Å². The van der Waals surface area contributed by atoms with Gasteiger partial charge in [0.25, 0.3) is 0 Å². The summed E-state index contributed by atoms with van der Waals surface area (Å²) in [6.45, 7) is 0. The van der Waals surface area contributed by atoms with E-state index in [0.29, 0.717) is 0 Å². The molecule has 0 saturated heterocycles. The predicted octanol–water partition coefficient (Wildman–Crippen LogP) is -0.361. The van der Waals surface area contributed by atoms with Gasteiger partial charge < -0.3 is 16.4 Å². The summed E-state index contributed by atoms with van der Waals surface area (Å²) in [5.74, 6) is 0. The second kappa shape index (κ2) is 61.1. The summed E-state index contributed by atoms with van der Waals surface area (Å²) in [4.78, 5) is 0. The Balaban J connectivity index is 0. The zero-order chi connectivity index (χ0) is 0. The first-order chi connectivity index (χ1) is 0. The topological polar surface area (TPSA) is 85.5 Å². The van der Waals surface area contributed by atoms with Gasteiger partial charge in [-0.3, -0.25) is 0 Å². The standard InChI is InChI=1S/Au.3O.Rh/q+3;3*-2;+3. The van der Waals surface area contributed by atoms with Crippen LogP contribution in [-0.2, 0) is 58.3 Å². The molecule has 0 heterocycles. The smallest absolute Gasteiger partial charge is 2.00 e. The molecule has 0 aromatic rings. The zero-order valence-electron chi connectivity index (χ0n) is 1.86. The number of hydrogen-bond donors (Lipinski definition) is 0. The van der Waals surface area contributed by atoms with Gasteiger partial charge in [-0.2, -0.15) is 0 Å². The van der Waals surface area contributed by atoms with Crippen molar-refractivity contribution >= 4 is 0 Å². The van der Waals surface area contributed by atoms with E-state index in [9.17, 15) is 0 Å². The molecule has 0 aromatic heterocycles. The first kappa shape index (κ1) is 111. The normalized spacial score (nSPS) is 0. The summed E-state index contributed by atoms with van der Waals surface area (Å²) in [6, 6.07) is 0. The maximum Gasteiger partial charge on any atom is 3.00 e. The molecule has 0 aliphatic heterocycles. The van der Waals surface area contributed by atoms with Crippen molar-refractivity contribution in [3.63, 3.8) is 0 Å². The van der Waals surface area contributed by atoms with Crippen LogP contribution in [0.25, 0.3) is 0 Å². The van der Waals surface area contributed by atoms with Crippen molar-refractivity contribution in [3.05, 3.63) is 0 Å². The SMILES string of the molecule is [Au+3].[O-2].[O-2].[O-2].[Rh+3]. The van der Waals surface area contributed by atoms with Crippen LogP contribution in [0, 0.1) is 0 Å². The molecule has 0 spiro atoms. The van der Waals surface area contributed by atoms with E-state index in [-0.39, 0.29) is 58.3 Å². The Morgan fingerprint density at radius 2 is 0.600 bits per heavy atom. The van der Waals surface area contributed by atoms with E-state index in [0.717, 1.165) is 0 Å². The third-order valence-corrected chi connectivity index (χ3v) is 0. The van der Waals surface area contributed by atoms with E-state index in [1.54, 1.807) is 0 Å². The monoisotopic (exact) mass is 348 g/mol. The van der Waals surface area contributed by atoms with Gasteiger partial charge in [0, 0.05) is 0 Å². The van der Waals surface area contributed by atoms with Crippen LogP contribution < -0.4 is 0 Å². The fourth-order valence-corrected chi connectivity index (χ4v) is 0. The van der Waals surface area contributed by atoms with Crippen molar-refractivity contribution in [1.29, 1.82) is 0 Å². The van der Waals surface area contributed by atoms with Crippen molar-refractivity contribution in [2.45, 2.75) is 0 Å². The molecule has 0 atom stereocenters. The largest absolute Gasteiger partial charge is 3.00 e. The Hall–Kier alpha value is 1.24. The molecular weight excluding hydrogens is 348 g/mol. The molecule has 0 unspecified atom stereocenters. The summed E-state index contributed by atoms with van der Waals surface area (Å²) in [5, 5.41) is 0. The Kier molecular flexibility index (Phi) is 1360. The summed E-state index contributed by atoms with van der Waals surface area (Å²) >= 11 is 0. The minimum absolute atomic E-state index is 0. The van der Waals surface area contributed by atoms with Crippen LogP contribution in [0.3, 0.4) is 0 Å². The van der Waals surface area contributed by atoms with Gasteiger partial charge in [-0.05, 0) is 0 Å². The van der Waals surface area contributed by atoms with Gasteiger partial charge in [-0.25, -0.2) is 0 Å². The molecule has 0 aliphatic carbocycles. The molecule has 3 nitrogen and oxygen atoms in total. The van der Waals surface area contributed by atoms with E-state index in [4.69, 9.17) is 0 Å². The van der Waals surface area contributed by atoms with Crippen molar-refractivity contribution in [2.75, 3.05) is 0 Å². The van der Waals surface area contributed by atoms with Gasteiger partial charge in [0.1, 0.15) is 0 Å². The molecule has 0 aromatic carbocycles. The van der Waals surface area contributed by atoms with Gasteiger partial charge in [0.2, 0.25) is 0 Å². The number of rotatable bonds is 0. The first-order valence-electron chi connectivity index (χ1n) is 0. The van der Waals surface area contributed by atoms with Gasteiger partial charge >= 0.3 is 41.9 Å². The van der Waals surface area contributed by atoms with Crippen LogP contribution in [0.4, 0.5) is 0 Å². The van der Waals surface area contributed by atoms with Crippen molar-refractivity contribution in [1.82, 2.24) is 0 Å². The summed E-state index contributed by atoms with van der Waals surface area (Å²) in [7, 11) is 0. The molecule has 0 aliphatic rings. The van der Waals surface area contributed by atoms with E-state index >= 15 is 0 Å². The molecule has 0 rings (SSSR count). The summed E-state index contributed by atoms with van der Waals surface area (Å²) in [6.07, 6.45) is 0. The van der Waals surface area contributed by atoms with Gasteiger partial charge in [0.05, 0.1) is 0 Å². The second-order valence-corrected chi connectivity index (χ2v) is 0. The van der Waals surface area contributed by atoms with Crippen molar-refractivity contribution in [2.24, 2.45) is 0 Å². The quantitative estimate of drug-likeness (QED) is 0.536. The Labute approximate surface area is 58.3 Å². The molecule has 0 saturated carbocycles. The Morgan fingerprint density at radius 3 is 0.600 bits per heavy atom. The predicted molar refractivity (Wildman–Crippen MR) is 2.06 cm³/mol. The minimum Gasteiger partial charge on any atom is -2.00 e. The van der Waals surface area contributed by atoms with Crippen LogP contribution in [-0.4, -0.2) is 0 Å². The Bertz CT molecular complexity index is 6.85. The fraction of sp³-hybridized carbons (Fsp3) is 0. The third-order valence-electron chi connectivity index (χ3n) is 0. The number of hydrogen-bond acceptors (Lipinski definition) is 0. The third kappa shape index (κ3) is 35.7. The summed E-state index contributed by atoms with van der Waals surface area (Å²) < 4.78 is 0. The van der Waals surface area contributed by atoms with E-state index < -0.39 is 0 Å². The average molecular weight is 348 g/mol. The molecule has 0 bridgehead atoms. The molecule has 5 heteroatoms. The molecule has 38 valence electrons. The maximum absolute atomic E-state index is 0. The minimum atomic E-state index is 0. The maximum atomic E-state index is 0. The van der Waals surface area contributed by atoms with Crippen molar-refractivity contribution in [3.8, 4) is 0 Å². The van der Waals surface area contributed by atoms with Gasteiger partial charge in [0.15, 0.2) is 0 Å². The van der Waals surface area contributed by atoms with E-state index in [2.05, 4.69) is 0 Å². The van der Waals surface area contributed by atoms with Crippen LogP contribution in [0.2, 0.25) is 0 Å². The van der Waals surface area contributed by atoms with Crippen LogP contribution in [0.15, 0.2) is 0 Å². The summed E-state index contributed by atoms with van der Waals surface area (Å²) in [5.41, 5.74) is 0.